The van der Waals surface area contributed by atoms with Crippen LogP contribution in [-0.2, 0) is 14.3 Å². The SMILES string of the molecule is CC(=O)OC1C(O)C2(O)C(C3OC3C2(C)C)C(C)(O)C2CCC3CC12CC3(C)O. The zero-order valence-electron chi connectivity index (χ0n) is 17.9. The van der Waals surface area contributed by atoms with E-state index in [1.54, 1.807) is 13.8 Å². The highest BCUT2D eigenvalue weighted by Crippen LogP contribution is 2.73. The first-order valence-electron chi connectivity index (χ1n) is 10.9. The molecular weight excluding hydrogens is 376 g/mol. The Morgan fingerprint density at radius 3 is 2.38 bits per heavy atom. The van der Waals surface area contributed by atoms with Crippen LogP contribution in [0.15, 0.2) is 0 Å². The van der Waals surface area contributed by atoms with E-state index in [2.05, 4.69) is 0 Å². The van der Waals surface area contributed by atoms with Gasteiger partial charge in [-0.25, -0.2) is 0 Å². The zero-order valence-corrected chi connectivity index (χ0v) is 17.9. The number of epoxide rings is 1. The number of aliphatic hydroxyl groups is 4. The molecule has 0 aromatic carbocycles. The topological polar surface area (TPSA) is 120 Å². The van der Waals surface area contributed by atoms with E-state index in [-0.39, 0.29) is 24.0 Å². The van der Waals surface area contributed by atoms with Crippen molar-refractivity contribution in [1.29, 1.82) is 0 Å². The minimum absolute atomic E-state index is 0.00493. The molecule has 5 aliphatic rings. The van der Waals surface area contributed by atoms with Gasteiger partial charge in [0.2, 0.25) is 0 Å². The predicted octanol–water partition coefficient (Wildman–Crippen LogP) is 0.755. The van der Waals surface area contributed by atoms with Crippen LogP contribution in [0.25, 0.3) is 0 Å². The summed E-state index contributed by atoms with van der Waals surface area (Å²) in [5.74, 6) is -1.56. The maximum absolute atomic E-state index is 12.1. The summed E-state index contributed by atoms with van der Waals surface area (Å²) >= 11 is 0. The Balaban J connectivity index is 1.74. The maximum atomic E-state index is 12.1. The van der Waals surface area contributed by atoms with Crippen molar-refractivity contribution in [2.45, 2.75) is 102 Å². The van der Waals surface area contributed by atoms with Crippen molar-refractivity contribution in [2.24, 2.45) is 28.6 Å². The molecule has 2 bridgehead atoms. The van der Waals surface area contributed by atoms with Gasteiger partial charge in [-0.1, -0.05) is 13.8 Å². The molecule has 4 aliphatic carbocycles. The van der Waals surface area contributed by atoms with Crippen LogP contribution in [0.3, 0.4) is 0 Å². The lowest BCUT2D eigenvalue weighted by Gasteiger charge is -2.50. The lowest BCUT2D eigenvalue weighted by Crippen LogP contribution is -2.64. The standard InChI is InChI=1S/C22H34O7/c1-10(23)28-17-15(24)22(27)14(13-16(29-13)18(22,2)3)20(5,26)12-7-6-11-8-21(12,17)9-19(11,4)25/h11-17,24-27H,6-9H2,1-5H3. The molecule has 7 nitrogen and oxygen atoms in total. The highest BCUT2D eigenvalue weighted by atomic mass is 16.6. The van der Waals surface area contributed by atoms with Gasteiger partial charge in [-0.3, -0.25) is 4.79 Å². The molecule has 0 aromatic heterocycles. The summed E-state index contributed by atoms with van der Waals surface area (Å²) in [5, 5.41) is 46.9. The number of esters is 1. The summed E-state index contributed by atoms with van der Waals surface area (Å²) in [4.78, 5) is 12.1. The zero-order chi connectivity index (χ0) is 21.4. The fourth-order valence-corrected chi connectivity index (χ4v) is 8.49. The minimum atomic E-state index is -1.68. The van der Waals surface area contributed by atoms with Crippen molar-refractivity contribution in [3.05, 3.63) is 0 Å². The van der Waals surface area contributed by atoms with E-state index in [0.717, 1.165) is 6.42 Å². The first-order chi connectivity index (χ1) is 13.2. The summed E-state index contributed by atoms with van der Waals surface area (Å²) in [6.45, 7) is 8.54. The molecule has 5 rings (SSSR count). The third-order valence-electron chi connectivity index (χ3n) is 9.69. The van der Waals surface area contributed by atoms with Gasteiger partial charge in [0.1, 0.15) is 17.8 Å². The summed E-state index contributed by atoms with van der Waals surface area (Å²) in [7, 11) is 0. The second-order valence-electron chi connectivity index (χ2n) is 11.5. The fraction of sp³-hybridized carbons (Fsp3) is 0.955. The molecule has 0 amide bonds. The molecule has 1 spiro atoms. The average molecular weight is 411 g/mol. The summed E-state index contributed by atoms with van der Waals surface area (Å²) in [6.07, 6.45) is -0.717. The Morgan fingerprint density at radius 2 is 1.76 bits per heavy atom. The van der Waals surface area contributed by atoms with Crippen molar-refractivity contribution in [1.82, 2.24) is 0 Å². The number of aliphatic hydroxyl groups excluding tert-OH is 1. The van der Waals surface area contributed by atoms with E-state index in [1.807, 2.05) is 13.8 Å². The van der Waals surface area contributed by atoms with E-state index >= 15 is 0 Å². The van der Waals surface area contributed by atoms with E-state index in [0.29, 0.717) is 19.3 Å². The molecule has 1 saturated heterocycles. The lowest BCUT2D eigenvalue weighted by molar-refractivity contribution is -0.236. The Hall–Kier alpha value is -0.730. The first kappa shape index (κ1) is 20.2. The molecule has 29 heavy (non-hydrogen) atoms. The molecule has 11 atom stereocenters. The van der Waals surface area contributed by atoms with Crippen molar-refractivity contribution >= 4 is 5.97 Å². The normalized spacial score (nSPS) is 61.9. The maximum Gasteiger partial charge on any atom is 0.303 e. The smallest absolute Gasteiger partial charge is 0.303 e. The van der Waals surface area contributed by atoms with Crippen molar-refractivity contribution in [2.75, 3.05) is 0 Å². The molecule has 4 saturated carbocycles. The molecule has 0 radical (unpaired) electrons. The van der Waals surface area contributed by atoms with Crippen molar-refractivity contribution in [3.63, 3.8) is 0 Å². The Bertz CT molecular complexity index is 760. The predicted molar refractivity (Wildman–Crippen MR) is 102 cm³/mol. The van der Waals surface area contributed by atoms with Crippen molar-refractivity contribution < 1.29 is 34.7 Å². The molecule has 0 aromatic rings. The third kappa shape index (κ3) is 2.14. The molecule has 1 aliphatic heterocycles. The van der Waals surface area contributed by atoms with Gasteiger partial charge < -0.3 is 29.9 Å². The molecule has 164 valence electrons. The second-order valence-corrected chi connectivity index (χ2v) is 11.5. The van der Waals surface area contributed by atoms with Crippen LogP contribution >= 0.6 is 0 Å². The largest absolute Gasteiger partial charge is 0.459 e. The van der Waals surface area contributed by atoms with Gasteiger partial charge in [-0.15, -0.1) is 0 Å². The number of rotatable bonds is 1. The third-order valence-corrected chi connectivity index (χ3v) is 9.69. The van der Waals surface area contributed by atoms with Crippen LogP contribution in [0.4, 0.5) is 0 Å². The van der Waals surface area contributed by atoms with Crippen molar-refractivity contribution in [3.8, 4) is 0 Å². The Morgan fingerprint density at radius 1 is 1.10 bits per heavy atom. The number of hydrogen-bond acceptors (Lipinski definition) is 7. The van der Waals surface area contributed by atoms with E-state index < -0.39 is 51.7 Å². The Kier molecular flexibility index (Phi) is 3.73. The summed E-state index contributed by atoms with van der Waals surface area (Å²) in [6, 6.07) is 0. The van der Waals surface area contributed by atoms with Gasteiger partial charge in [-0.2, -0.15) is 0 Å². The van der Waals surface area contributed by atoms with Gasteiger partial charge in [0.25, 0.3) is 0 Å². The number of carbonyl (C=O) groups is 1. The highest BCUT2D eigenvalue weighted by Gasteiger charge is 2.84. The molecule has 5 fully saturated rings. The van der Waals surface area contributed by atoms with Gasteiger partial charge in [0, 0.05) is 23.7 Å². The Labute approximate surface area is 171 Å². The molecule has 7 heteroatoms. The number of carbonyl (C=O) groups excluding carboxylic acids is 1. The minimum Gasteiger partial charge on any atom is -0.459 e. The quantitative estimate of drug-likeness (QED) is 0.372. The van der Waals surface area contributed by atoms with Gasteiger partial charge in [0.05, 0.1) is 23.4 Å². The van der Waals surface area contributed by atoms with Crippen LogP contribution in [0.1, 0.15) is 60.3 Å². The van der Waals surface area contributed by atoms with E-state index in [1.165, 1.54) is 6.92 Å². The monoisotopic (exact) mass is 410 g/mol. The molecule has 4 N–H and O–H groups in total. The van der Waals surface area contributed by atoms with Crippen LogP contribution in [0.2, 0.25) is 0 Å². The highest BCUT2D eigenvalue weighted by molar-refractivity contribution is 5.66. The first-order valence-corrected chi connectivity index (χ1v) is 10.9. The number of hydrogen-bond donors (Lipinski definition) is 4. The van der Waals surface area contributed by atoms with Gasteiger partial charge in [0.15, 0.2) is 0 Å². The average Bonchev–Trinajstić information content (AvgIpc) is 3.30. The fourth-order valence-electron chi connectivity index (χ4n) is 8.49. The molecule has 11 unspecified atom stereocenters. The van der Waals surface area contributed by atoms with Gasteiger partial charge >= 0.3 is 5.97 Å². The summed E-state index contributed by atoms with van der Waals surface area (Å²) < 4.78 is 11.6. The van der Waals surface area contributed by atoms with Crippen LogP contribution in [0, 0.1) is 28.6 Å². The van der Waals surface area contributed by atoms with Gasteiger partial charge in [-0.05, 0) is 51.4 Å². The number of fused-ring (bicyclic) bond motifs is 4. The summed E-state index contributed by atoms with van der Waals surface area (Å²) in [5.41, 5.74) is -5.63. The second kappa shape index (κ2) is 5.36. The molecule has 1 heterocycles. The lowest BCUT2D eigenvalue weighted by atomic mass is 9.58. The van der Waals surface area contributed by atoms with Crippen LogP contribution in [-0.4, -0.2) is 67.6 Å². The molecular formula is C22H34O7. The van der Waals surface area contributed by atoms with Crippen LogP contribution < -0.4 is 0 Å². The van der Waals surface area contributed by atoms with E-state index in [9.17, 15) is 25.2 Å². The van der Waals surface area contributed by atoms with Crippen LogP contribution in [0.5, 0.6) is 0 Å². The number of ether oxygens (including phenoxy) is 2. The van der Waals surface area contributed by atoms with E-state index in [4.69, 9.17) is 9.47 Å².